The lowest BCUT2D eigenvalue weighted by Gasteiger charge is -2.11. The molecule has 4 nitrogen and oxygen atoms in total. The fourth-order valence-corrected chi connectivity index (χ4v) is 3.03. The minimum absolute atomic E-state index is 0. The second-order valence-corrected chi connectivity index (χ2v) is 6.73. The largest absolute Gasteiger partial charge is 0.423 e. The van der Waals surface area contributed by atoms with Gasteiger partial charge in [0.1, 0.15) is 5.52 Å². The van der Waals surface area contributed by atoms with E-state index in [0.29, 0.717) is 12.6 Å². The van der Waals surface area contributed by atoms with Gasteiger partial charge in [-0.3, -0.25) is 0 Å². The van der Waals surface area contributed by atoms with E-state index in [1.165, 1.54) is 56.9 Å². The summed E-state index contributed by atoms with van der Waals surface area (Å²) in [7, 11) is 1.96. The van der Waals surface area contributed by atoms with Crippen LogP contribution >= 0.6 is 12.4 Å². The molecule has 0 aliphatic carbocycles. The van der Waals surface area contributed by atoms with E-state index in [2.05, 4.69) is 24.0 Å². The Bertz CT molecular complexity index is 600. The number of hydrogen-bond acceptors (Lipinski definition) is 4. The molecule has 1 heterocycles. The van der Waals surface area contributed by atoms with E-state index in [1.807, 2.05) is 18.0 Å². The van der Waals surface area contributed by atoms with Gasteiger partial charge in [-0.25, -0.2) is 0 Å². The van der Waals surface area contributed by atoms with Gasteiger partial charge >= 0.3 is 0 Å². The van der Waals surface area contributed by atoms with Crippen LogP contribution in [0.3, 0.4) is 0 Å². The van der Waals surface area contributed by atoms with Gasteiger partial charge in [-0.1, -0.05) is 57.9 Å². The van der Waals surface area contributed by atoms with Crippen LogP contribution < -0.4 is 10.6 Å². The Kier molecular flexibility index (Phi) is 10.6. The maximum atomic E-state index is 5.79. The molecule has 0 atom stereocenters. The summed E-state index contributed by atoms with van der Waals surface area (Å²) >= 11 is 0. The van der Waals surface area contributed by atoms with E-state index in [4.69, 9.17) is 10.2 Å². The summed E-state index contributed by atoms with van der Waals surface area (Å²) in [6.07, 6.45) is 12.0. The second-order valence-electron chi connectivity index (χ2n) is 6.73. The van der Waals surface area contributed by atoms with Gasteiger partial charge in [0.15, 0.2) is 5.58 Å². The summed E-state index contributed by atoms with van der Waals surface area (Å²) in [5.41, 5.74) is 8.75. The molecular weight excluding hydrogens is 334 g/mol. The van der Waals surface area contributed by atoms with Crippen LogP contribution in [0.5, 0.6) is 0 Å². The molecule has 1 aromatic carbocycles. The SMILES string of the molecule is CCCCCCCCCCc1ccc2oc(N(C)CCN)nc2c1.Cl. The molecule has 2 N–H and O–H groups in total. The number of anilines is 1. The van der Waals surface area contributed by atoms with Gasteiger partial charge in [-0.2, -0.15) is 4.98 Å². The van der Waals surface area contributed by atoms with E-state index >= 15 is 0 Å². The number of nitrogens with zero attached hydrogens (tertiary/aromatic N) is 2. The molecule has 5 heteroatoms. The topological polar surface area (TPSA) is 55.3 Å². The molecule has 0 saturated heterocycles. The van der Waals surface area contributed by atoms with E-state index in [-0.39, 0.29) is 12.4 Å². The second kappa shape index (κ2) is 12.2. The third-order valence-electron chi connectivity index (χ3n) is 4.55. The summed E-state index contributed by atoms with van der Waals surface area (Å²) in [5.74, 6) is 0. The number of oxazole rings is 1. The fourth-order valence-electron chi connectivity index (χ4n) is 3.03. The number of rotatable bonds is 12. The number of benzene rings is 1. The van der Waals surface area contributed by atoms with Crippen molar-refractivity contribution in [3.05, 3.63) is 23.8 Å². The van der Waals surface area contributed by atoms with E-state index in [0.717, 1.165) is 24.1 Å². The number of hydrogen-bond donors (Lipinski definition) is 1. The molecule has 0 radical (unpaired) electrons. The summed E-state index contributed by atoms with van der Waals surface area (Å²) in [5, 5.41) is 0. The summed E-state index contributed by atoms with van der Waals surface area (Å²) < 4.78 is 5.79. The van der Waals surface area contributed by atoms with Crippen LogP contribution in [0.2, 0.25) is 0 Å². The highest BCUT2D eigenvalue weighted by atomic mass is 35.5. The van der Waals surface area contributed by atoms with Crippen molar-refractivity contribution in [2.75, 3.05) is 25.0 Å². The van der Waals surface area contributed by atoms with Gasteiger partial charge in [-0.15, -0.1) is 12.4 Å². The summed E-state index contributed by atoms with van der Waals surface area (Å²) in [6, 6.07) is 7.03. The molecular formula is C20H34ClN3O. The van der Waals surface area contributed by atoms with E-state index in [1.54, 1.807) is 0 Å². The molecule has 2 rings (SSSR count). The summed E-state index contributed by atoms with van der Waals surface area (Å²) in [6.45, 7) is 3.61. The number of likely N-dealkylation sites (N-methyl/N-ethyl adjacent to an activating group) is 1. The smallest absolute Gasteiger partial charge is 0.298 e. The highest BCUT2D eigenvalue weighted by Gasteiger charge is 2.10. The minimum Gasteiger partial charge on any atom is -0.423 e. The van der Waals surface area contributed by atoms with Crippen molar-refractivity contribution >= 4 is 29.5 Å². The van der Waals surface area contributed by atoms with Crippen molar-refractivity contribution in [1.82, 2.24) is 4.98 Å². The maximum absolute atomic E-state index is 5.79. The Morgan fingerprint density at radius 3 is 2.40 bits per heavy atom. The zero-order valence-electron chi connectivity index (χ0n) is 15.8. The van der Waals surface area contributed by atoms with Gasteiger partial charge in [0, 0.05) is 20.1 Å². The van der Waals surface area contributed by atoms with Gasteiger partial charge in [0.25, 0.3) is 6.01 Å². The normalized spacial score (nSPS) is 10.8. The molecule has 0 aliphatic heterocycles. The number of aryl methyl sites for hydroxylation is 1. The average Bonchev–Trinajstić information content (AvgIpc) is 3.01. The van der Waals surface area contributed by atoms with E-state index in [9.17, 15) is 0 Å². The van der Waals surface area contributed by atoms with E-state index < -0.39 is 0 Å². The van der Waals surface area contributed by atoms with Crippen molar-refractivity contribution in [3.63, 3.8) is 0 Å². The zero-order valence-corrected chi connectivity index (χ0v) is 16.6. The molecule has 2 aromatic rings. The molecule has 0 aliphatic rings. The Hall–Kier alpha value is -1.26. The first kappa shape index (κ1) is 21.8. The third-order valence-corrected chi connectivity index (χ3v) is 4.55. The van der Waals surface area contributed by atoms with Crippen LogP contribution in [0, 0.1) is 0 Å². The number of fused-ring (bicyclic) bond motifs is 1. The van der Waals surface area contributed by atoms with Crippen LogP contribution in [0.15, 0.2) is 22.6 Å². The Labute approximate surface area is 158 Å². The predicted octanol–water partition coefficient (Wildman–Crippen LogP) is 5.33. The Morgan fingerprint density at radius 1 is 1.04 bits per heavy atom. The molecule has 0 amide bonds. The molecule has 25 heavy (non-hydrogen) atoms. The molecule has 0 bridgehead atoms. The van der Waals surface area contributed by atoms with Crippen molar-refractivity contribution in [2.24, 2.45) is 5.73 Å². The molecule has 0 saturated carbocycles. The average molecular weight is 368 g/mol. The highest BCUT2D eigenvalue weighted by molar-refractivity contribution is 5.85. The minimum atomic E-state index is 0. The van der Waals surface area contributed by atoms with Gasteiger partial charge in [0.05, 0.1) is 0 Å². The number of unbranched alkanes of at least 4 members (excludes halogenated alkanes) is 7. The first-order valence-electron chi connectivity index (χ1n) is 9.55. The van der Waals surface area contributed by atoms with Crippen LogP contribution in [0.1, 0.15) is 63.9 Å². The number of halogens is 1. The van der Waals surface area contributed by atoms with Crippen LogP contribution in [-0.2, 0) is 6.42 Å². The summed E-state index contributed by atoms with van der Waals surface area (Å²) in [4.78, 5) is 6.54. The lowest BCUT2D eigenvalue weighted by molar-refractivity contribution is 0.575. The lowest BCUT2D eigenvalue weighted by atomic mass is 10.0. The zero-order chi connectivity index (χ0) is 17.2. The Balaban J connectivity index is 0.00000312. The highest BCUT2D eigenvalue weighted by Crippen LogP contribution is 2.23. The molecule has 0 unspecified atom stereocenters. The molecule has 0 spiro atoms. The van der Waals surface area contributed by atoms with Crippen LogP contribution in [-0.4, -0.2) is 25.1 Å². The first-order chi connectivity index (χ1) is 11.7. The maximum Gasteiger partial charge on any atom is 0.298 e. The van der Waals surface area contributed by atoms with Crippen LogP contribution in [0.4, 0.5) is 6.01 Å². The molecule has 142 valence electrons. The molecule has 1 aromatic heterocycles. The predicted molar refractivity (Wildman–Crippen MR) is 110 cm³/mol. The Morgan fingerprint density at radius 2 is 1.72 bits per heavy atom. The van der Waals surface area contributed by atoms with Crippen molar-refractivity contribution in [2.45, 2.75) is 64.7 Å². The quantitative estimate of drug-likeness (QED) is 0.515. The monoisotopic (exact) mass is 367 g/mol. The lowest BCUT2D eigenvalue weighted by Crippen LogP contribution is -2.25. The number of nitrogens with two attached hydrogens (primary N) is 1. The van der Waals surface area contributed by atoms with Gasteiger partial charge in [-0.05, 0) is 30.5 Å². The first-order valence-corrected chi connectivity index (χ1v) is 9.55. The van der Waals surface area contributed by atoms with Crippen molar-refractivity contribution in [1.29, 1.82) is 0 Å². The standard InChI is InChI=1S/C20H33N3O.ClH/c1-3-4-5-6-7-8-9-10-11-17-12-13-19-18(16-17)22-20(24-19)23(2)15-14-21;/h12-13,16H,3-11,14-15,21H2,1-2H3;1H. The third kappa shape index (κ3) is 7.25. The fraction of sp³-hybridized carbons (Fsp3) is 0.650. The van der Waals surface area contributed by atoms with Gasteiger partial charge < -0.3 is 15.1 Å². The number of aromatic nitrogens is 1. The van der Waals surface area contributed by atoms with Crippen molar-refractivity contribution in [3.8, 4) is 0 Å². The van der Waals surface area contributed by atoms with Gasteiger partial charge in [0.2, 0.25) is 0 Å². The molecule has 0 fully saturated rings. The van der Waals surface area contributed by atoms with Crippen molar-refractivity contribution < 1.29 is 4.42 Å². The van der Waals surface area contributed by atoms with Crippen LogP contribution in [0.25, 0.3) is 11.1 Å².